The van der Waals surface area contributed by atoms with Crippen LogP contribution in [0.2, 0.25) is 0 Å². The number of aromatic nitrogens is 1. The molecule has 1 aromatic rings. The minimum atomic E-state index is -0.407. The van der Waals surface area contributed by atoms with E-state index in [0.717, 1.165) is 29.5 Å². The van der Waals surface area contributed by atoms with Gasteiger partial charge >= 0.3 is 0 Å². The van der Waals surface area contributed by atoms with Crippen molar-refractivity contribution in [3.8, 4) is 0 Å². The number of rotatable bonds is 2. The number of thiazole rings is 1. The molecule has 1 aliphatic rings. The number of aliphatic hydroxyl groups excluding tert-OH is 1. The van der Waals surface area contributed by atoms with E-state index in [1.807, 2.05) is 6.20 Å². The van der Waals surface area contributed by atoms with Gasteiger partial charge in [0.2, 0.25) is 0 Å². The molecule has 2 rings (SSSR count). The van der Waals surface area contributed by atoms with Gasteiger partial charge in [-0.15, -0.1) is 11.3 Å². The van der Waals surface area contributed by atoms with Crippen LogP contribution in [0.25, 0.3) is 0 Å². The van der Waals surface area contributed by atoms with E-state index in [9.17, 15) is 5.11 Å². The van der Waals surface area contributed by atoms with Crippen molar-refractivity contribution in [1.82, 2.24) is 14.8 Å². The molecule has 17 heavy (non-hydrogen) atoms. The number of likely N-dealkylation sites (N-methyl/N-ethyl adjacent to an activating group) is 2. The van der Waals surface area contributed by atoms with Gasteiger partial charge in [-0.1, -0.05) is 0 Å². The highest BCUT2D eigenvalue weighted by molar-refractivity contribution is 7.11. The smallest absolute Gasteiger partial charge is 0.111 e. The lowest BCUT2D eigenvalue weighted by atomic mass is 10.2. The standard InChI is InChI=1S/C12H21N3OS/c1-9(16)11-7-13-12(17-11)10-8-14(2)5-4-6-15(10)3/h7,9-10,16H,4-6,8H2,1-3H3. The van der Waals surface area contributed by atoms with E-state index in [0.29, 0.717) is 6.04 Å². The first-order chi connectivity index (χ1) is 8.08. The lowest BCUT2D eigenvalue weighted by Gasteiger charge is -2.25. The largest absolute Gasteiger partial charge is 0.388 e. The Kier molecular flexibility index (Phi) is 4.14. The van der Waals surface area contributed by atoms with E-state index in [-0.39, 0.29) is 0 Å². The van der Waals surface area contributed by atoms with Crippen molar-refractivity contribution < 1.29 is 5.11 Å². The van der Waals surface area contributed by atoms with Gasteiger partial charge in [0.15, 0.2) is 0 Å². The molecule has 0 spiro atoms. The lowest BCUT2D eigenvalue weighted by molar-refractivity contribution is 0.203. The molecular formula is C12H21N3OS. The van der Waals surface area contributed by atoms with Crippen LogP contribution in [0.4, 0.5) is 0 Å². The SMILES string of the molecule is CC(O)c1cnc(C2CN(C)CCCN2C)s1. The molecule has 5 heteroatoms. The maximum atomic E-state index is 9.56. The van der Waals surface area contributed by atoms with Crippen LogP contribution in [-0.2, 0) is 0 Å². The van der Waals surface area contributed by atoms with Gasteiger partial charge in [0, 0.05) is 12.7 Å². The van der Waals surface area contributed by atoms with Gasteiger partial charge in [0.25, 0.3) is 0 Å². The van der Waals surface area contributed by atoms with Gasteiger partial charge in [0.05, 0.1) is 17.0 Å². The van der Waals surface area contributed by atoms with E-state index < -0.39 is 6.10 Å². The summed E-state index contributed by atoms with van der Waals surface area (Å²) in [6.07, 6.45) is 2.61. The molecule has 1 saturated heterocycles. The van der Waals surface area contributed by atoms with E-state index in [2.05, 4.69) is 28.9 Å². The summed E-state index contributed by atoms with van der Waals surface area (Å²) in [4.78, 5) is 10.2. The maximum absolute atomic E-state index is 9.56. The Hall–Kier alpha value is -0.490. The van der Waals surface area contributed by atoms with Crippen LogP contribution in [0.3, 0.4) is 0 Å². The monoisotopic (exact) mass is 255 g/mol. The average Bonchev–Trinajstić information content (AvgIpc) is 2.68. The van der Waals surface area contributed by atoms with Gasteiger partial charge < -0.3 is 10.0 Å². The van der Waals surface area contributed by atoms with Gasteiger partial charge in [-0.25, -0.2) is 4.98 Å². The van der Waals surface area contributed by atoms with E-state index >= 15 is 0 Å². The molecule has 0 aromatic carbocycles. The molecule has 2 unspecified atom stereocenters. The predicted molar refractivity (Wildman–Crippen MR) is 70.2 cm³/mol. The van der Waals surface area contributed by atoms with Crippen molar-refractivity contribution in [3.05, 3.63) is 16.1 Å². The molecule has 1 N–H and O–H groups in total. The molecule has 1 fully saturated rings. The Morgan fingerprint density at radius 2 is 2.24 bits per heavy atom. The number of hydrogen-bond donors (Lipinski definition) is 1. The first-order valence-corrected chi connectivity index (χ1v) is 6.92. The second kappa shape index (κ2) is 5.44. The van der Waals surface area contributed by atoms with Crippen LogP contribution >= 0.6 is 11.3 Å². The zero-order valence-electron chi connectivity index (χ0n) is 10.8. The third-order valence-corrected chi connectivity index (χ3v) is 4.57. The Morgan fingerprint density at radius 3 is 2.88 bits per heavy atom. The average molecular weight is 255 g/mol. The van der Waals surface area contributed by atoms with Gasteiger partial charge in [-0.3, -0.25) is 4.90 Å². The molecule has 2 heterocycles. The summed E-state index contributed by atoms with van der Waals surface area (Å²) in [7, 11) is 4.32. The molecule has 2 atom stereocenters. The molecule has 1 aliphatic heterocycles. The normalized spacial score (nSPS) is 25.8. The molecule has 0 bridgehead atoms. The summed E-state index contributed by atoms with van der Waals surface area (Å²) in [6.45, 7) is 5.07. The van der Waals surface area contributed by atoms with Crippen molar-refractivity contribution >= 4 is 11.3 Å². The molecule has 0 aliphatic carbocycles. The third-order valence-electron chi connectivity index (χ3n) is 3.31. The van der Waals surface area contributed by atoms with E-state index in [4.69, 9.17) is 0 Å². The highest BCUT2D eigenvalue weighted by atomic mass is 32.1. The maximum Gasteiger partial charge on any atom is 0.111 e. The second-order valence-corrected chi connectivity index (χ2v) is 5.98. The summed E-state index contributed by atoms with van der Waals surface area (Å²) in [5.41, 5.74) is 0. The first-order valence-electron chi connectivity index (χ1n) is 6.10. The summed E-state index contributed by atoms with van der Waals surface area (Å²) in [5.74, 6) is 0. The minimum absolute atomic E-state index is 0.361. The summed E-state index contributed by atoms with van der Waals surface area (Å²) < 4.78 is 0. The van der Waals surface area contributed by atoms with Crippen LogP contribution < -0.4 is 0 Å². The fourth-order valence-electron chi connectivity index (χ4n) is 2.19. The van der Waals surface area contributed by atoms with Crippen LogP contribution in [0.15, 0.2) is 6.20 Å². The third kappa shape index (κ3) is 3.04. The van der Waals surface area contributed by atoms with E-state index in [1.54, 1.807) is 18.3 Å². The van der Waals surface area contributed by atoms with Crippen molar-refractivity contribution in [1.29, 1.82) is 0 Å². The van der Waals surface area contributed by atoms with Crippen molar-refractivity contribution in [2.45, 2.75) is 25.5 Å². The molecule has 4 nitrogen and oxygen atoms in total. The Bertz CT molecular complexity index is 366. The summed E-state index contributed by atoms with van der Waals surface area (Å²) in [6, 6.07) is 0.361. The summed E-state index contributed by atoms with van der Waals surface area (Å²) in [5, 5.41) is 10.7. The fourth-order valence-corrected chi connectivity index (χ4v) is 3.20. The first kappa shape index (κ1) is 13.0. The van der Waals surface area contributed by atoms with Crippen LogP contribution in [0, 0.1) is 0 Å². The summed E-state index contributed by atoms with van der Waals surface area (Å²) >= 11 is 1.63. The highest BCUT2D eigenvalue weighted by Crippen LogP contribution is 2.29. The molecule has 96 valence electrons. The zero-order chi connectivity index (χ0) is 12.4. The second-order valence-electron chi connectivity index (χ2n) is 4.89. The van der Waals surface area contributed by atoms with Crippen LogP contribution in [0.1, 0.15) is 35.4 Å². The molecule has 0 radical (unpaired) electrons. The molecule has 0 saturated carbocycles. The van der Waals surface area contributed by atoms with Gasteiger partial charge in [0.1, 0.15) is 5.01 Å². The van der Waals surface area contributed by atoms with Crippen LogP contribution in [0.5, 0.6) is 0 Å². The zero-order valence-corrected chi connectivity index (χ0v) is 11.6. The Labute approximate surface area is 107 Å². The van der Waals surface area contributed by atoms with E-state index in [1.165, 1.54) is 6.42 Å². The van der Waals surface area contributed by atoms with Crippen LogP contribution in [-0.4, -0.2) is 53.6 Å². The predicted octanol–water partition coefficient (Wildman–Crippen LogP) is 1.50. The highest BCUT2D eigenvalue weighted by Gasteiger charge is 2.25. The fraction of sp³-hybridized carbons (Fsp3) is 0.750. The van der Waals surface area contributed by atoms with Crippen molar-refractivity contribution in [2.75, 3.05) is 33.7 Å². The Morgan fingerprint density at radius 1 is 1.47 bits per heavy atom. The van der Waals surface area contributed by atoms with Gasteiger partial charge in [-0.2, -0.15) is 0 Å². The quantitative estimate of drug-likeness (QED) is 0.869. The molecule has 0 amide bonds. The lowest BCUT2D eigenvalue weighted by Crippen LogP contribution is -2.30. The molecular weight excluding hydrogens is 234 g/mol. The number of aliphatic hydroxyl groups is 1. The van der Waals surface area contributed by atoms with Crippen molar-refractivity contribution in [2.24, 2.45) is 0 Å². The van der Waals surface area contributed by atoms with Crippen molar-refractivity contribution in [3.63, 3.8) is 0 Å². The van der Waals surface area contributed by atoms with Gasteiger partial charge in [-0.05, 0) is 40.5 Å². The molecule has 1 aromatic heterocycles. The number of hydrogen-bond acceptors (Lipinski definition) is 5. The topological polar surface area (TPSA) is 39.6 Å². The minimum Gasteiger partial charge on any atom is -0.388 e. The Balaban J connectivity index is 2.17. The number of nitrogens with zero attached hydrogens (tertiary/aromatic N) is 3.